The van der Waals surface area contributed by atoms with Crippen molar-refractivity contribution in [3.8, 4) is 11.5 Å². The van der Waals surface area contributed by atoms with Gasteiger partial charge in [0.2, 0.25) is 5.91 Å². The fourth-order valence-electron chi connectivity index (χ4n) is 2.89. The summed E-state index contributed by atoms with van der Waals surface area (Å²) >= 11 is 3.55. The molecule has 0 radical (unpaired) electrons. The maximum Gasteiger partial charge on any atom is 0.220 e. The fourth-order valence-corrected chi connectivity index (χ4v) is 3.41. The van der Waals surface area contributed by atoms with Gasteiger partial charge in [0.05, 0.1) is 14.2 Å². The molecule has 0 bridgehead atoms. The Bertz CT molecular complexity index is 774. The summed E-state index contributed by atoms with van der Waals surface area (Å²) in [7, 11) is 3.23. The molecule has 2 aromatic rings. The van der Waals surface area contributed by atoms with Crippen LogP contribution in [0.25, 0.3) is 0 Å². The fraction of sp³-hybridized carbons (Fsp3) is 0.381. The Labute approximate surface area is 164 Å². The number of halogens is 1. The van der Waals surface area contributed by atoms with Crippen LogP contribution in [-0.4, -0.2) is 26.7 Å². The topological polar surface area (TPSA) is 47.6 Å². The Morgan fingerprint density at radius 1 is 1.00 bits per heavy atom. The molecule has 0 fully saturated rings. The van der Waals surface area contributed by atoms with Crippen molar-refractivity contribution in [1.82, 2.24) is 5.32 Å². The van der Waals surface area contributed by atoms with Gasteiger partial charge in [0.15, 0.2) is 11.5 Å². The van der Waals surface area contributed by atoms with Crippen LogP contribution >= 0.6 is 15.9 Å². The smallest absolute Gasteiger partial charge is 0.220 e. The first-order valence-corrected chi connectivity index (χ1v) is 9.47. The number of benzene rings is 2. The van der Waals surface area contributed by atoms with E-state index in [4.69, 9.17) is 9.47 Å². The van der Waals surface area contributed by atoms with Gasteiger partial charge in [0.1, 0.15) is 0 Å². The summed E-state index contributed by atoms with van der Waals surface area (Å²) in [5.74, 6) is 1.44. The molecule has 1 N–H and O–H groups in total. The molecule has 0 saturated carbocycles. The van der Waals surface area contributed by atoms with Gasteiger partial charge in [-0.15, -0.1) is 0 Å². The van der Waals surface area contributed by atoms with Crippen LogP contribution in [0.2, 0.25) is 0 Å². The highest BCUT2D eigenvalue weighted by atomic mass is 79.9. The van der Waals surface area contributed by atoms with E-state index in [2.05, 4.69) is 53.3 Å². The molecule has 0 heterocycles. The summed E-state index contributed by atoms with van der Waals surface area (Å²) in [6.07, 6.45) is 1.98. The Kier molecular flexibility index (Phi) is 7.51. The van der Waals surface area contributed by atoms with E-state index >= 15 is 0 Å². The zero-order chi connectivity index (χ0) is 19.1. The average Bonchev–Trinajstić information content (AvgIpc) is 2.62. The summed E-state index contributed by atoms with van der Waals surface area (Å²) in [6.45, 7) is 4.75. The van der Waals surface area contributed by atoms with Crippen molar-refractivity contribution < 1.29 is 14.3 Å². The van der Waals surface area contributed by atoms with Gasteiger partial charge >= 0.3 is 0 Å². The monoisotopic (exact) mass is 419 g/mol. The van der Waals surface area contributed by atoms with E-state index in [0.717, 1.165) is 22.9 Å². The summed E-state index contributed by atoms with van der Waals surface area (Å²) in [5.41, 5.74) is 4.79. The zero-order valence-corrected chi connectivity index (χ0v) is 17.4. The molecule has 0 aliphatic rings. The van der Waals surface area contributed by atoms with Crippen LogP contribution in [0.3, 0.4) is 0 Å². The molecule has 2 rings (SSSR count). The summed E-state index contributed by atoms with van der Waals surface area (Å²) in [6, 6.07) is 10.2. The highest BCUT2D eigenvalue weighted by Crippen LogP contribution is 2.33. The van der Waals surface area contributed by atoms with E-state index < -0.39 is 0 Å². The van der Waals surface area contributed by atoms with Crippen LogP contribution in [0.5, 0.6) is 11.5 Å². The Hall–Kier alpha value is -2.01. The Balaban J connectivity index is 1.84. The van der Waals surface area contributed by atoms with Gasteiger partial charge in [0, 0.05) is 17.4 Å². The normalized spacial score (nSPS) is 10.5. The van der Waals surface area contributed by atoms with E-state index in [1.807, 2.05) is 12.1 Å². The predicted octanol–water partition coefficient (Wildman–Crippen LogP) is 4.37. The molecular formula is C21H26BrNO3. The molecule has 5 heteroatoms. The first kappa shape index (κ1) is 20.3. The second-order valence-corrected chi connectivity index (χ2v) is 7.18. The van der Waals surface area contributed by atoms with Crippen molar-refractivity contribution >= 4 is 21.8 Å². The maximum absolute atomic E-state index is 12.1. The van der Waals surface area contributed by atoms with E-state index in [1.165, 1.54) is 16.7 Å². The molecule has 0 aromatic heterocycles. The number of nitrogens with one attached hydrogen (secondary N) is 1. The number of methoxy groups -OCH3 is 2. The van der Waals surface area contributed by atoms with Crippen LogP contribution in [0.1, 0.15) is 28.7 Å². The minimum atomic E-state index is 0.0709. The third kappa shape index (κ3) is 5.49. The van der Waals surface area contributed by atoms with E-state index in [9.17, 15) is 4.79 Å². The number of ether oxygens (including phenoxy) is 2. The highest BCUT2D eigenvalue weighted by Gasteiger charge is 2.10. The largest absolute Gasteiger partial charge is 0.493 e. The Morgan fingerprint density at radius 3 is 2.35 bits per heavy atom. The number of hydrogen-bond donors (Lipinski definition) is 1. The van der Waals surface area contributed by atoms with E-state index in [1.54, 1.807) is 14.2 Å². The number of hydrogen-bond acceptors (Lipinski definition) is 3. The highest BCUT2D eigenvalue weighted by molar-refractivity contribution is 9.10. The van der Waals surface area contributed by atoms with Gasteiger partial charge in [-0.05, 0) is 55.5 Å². The van der Waals surface area contributed by atoms with Crippen LogP contribution in [0.4, 0.5) is 0 Å². The first-order chi connectivity index (χ1) is 12.4. The van der Waals surface area contributed by atoms with Crippen LogP contribution < -0.4 is 14.8 Å². The summed E-state index contributed by atoms with van der Waals surface area (Å²) in [5, 5.41) is 2.99. The summed E-state index contributed by atoms with van der Waals surface area (Å²) < 4.78 is 11.6. The van der Waals surface area contributed by atoms with Crippen LogP contribution in [-0.2, 0) is 17.6 Å². The molecular weight excluding hydrogens is 394 g/mol. The minimum absolute atomic E-state index is 0.0709. The molecule has 0 aliphatic carbocycles. The van der Waals surface area contributed by atoms with Crippen molar-refractivity contribution in [2.24, 2.45) is 0 Å². The molecule has 0 saturated heterocycles. The standard InChI is InChI=1S/C21H26BrNO3/c1-14-5-6-16(15(2)11-14)7-8-21(24)23-10-9-17-12-19(25-3)20(26-4)13-18(17)22/h5-6,11-13H,7-10H2,1-4H3,(H,23,24). The first-order valence-electron chi connectivity index (χ1n) is 8.67. The summed E-state index contributed by atoms with van der Waals surface area (Å²) in [4.78, 5) is 12.1. The molecule has 26 heavy (non-hydrogen) atoms. The van der Waals surface area contributed by atoms with E-state index in [-0.39, 0.29) is 5.91 Å². The molecule has 0 aliphatic heterocycles. The number of carbonyl (C=O) groups excluding carboxylic acids is 1. The Morgan fingerprint density at radius 2 is 1.69 bits per heavy atom. The molecule has 2 aromatic carbocycles. The second kappa shape index (κ2) is 9.62. The zero-order valence-electron chi connectivity index (χ0n) is 15.8. The number of amides is 1. The maximum atomic E-state index is 12.1. The molecule has 140 valence electrons. The van der Waals surface area contributed by atoms with Gasteiger partial charge in [-0.1, -0.05) is 39.7 Å². The van der Waals surface area contributed by atoms with Crippen molar-refractivity contribution in [2.75, 3.05) is 20.8 Å². The molecule has 1 amide bonds. The van der Waals surface area contributed by atoms with Crippen LogP contribution in [0.15, 0.2) is 34.8 Å². The van der Waals surface area contributed by atoms with Crippen molar-refractivity contribution in [1.29, 1.82) is 0 Å². The molecule has 4 nitrogen and oxygen atoms in total. The quantitative estimate of drug-likeness (QED) is 0.690. The van der Waals surface area contributed by atoms with Gasteiger partial charge in [0.25, 0.3) is 0 Å². The number of aryl methyl sites for hydroxylation is 3. The van der Waals surface area contributed by atoms with Crippen molar-refractivity contribution in [3.05, 3.63) is 57.1 Å². The lowest BCUT2D eigenvalue weighted by atomic mass is 10.0. The molecule has 0 spiro atoms. The lowest BCUT2D eigenvalue weighted by molar-refractivity contribution is -0.121. The number of carbonyl (C=O) groups is 1. The van der Waals surface area contributed by atoms with Gasteiger partial charge in [-0.25, -0.2) is 0 Å². The molecule has 0 atom stereocenters. The lowest BCUT2D eigenvalue weighted by Crippen LogP contribution is -2.26. The third-order valence-corrected chi connectivity index (χ3v) is 5.13. The third-order valence-electron chi connectivity index (χ3n) is 4.39. The van der Waals surface area contributed by atoms with Crippen molar-refractivity contribution in [3.63, 3.8) is 0 Å². The van der Waals surface area contributed by atoms with E-state index in [0.29, 0.717) is 24.5 Å². The van der Waals surface area contributed by atoms with Gasteiger partial charge < -0.3 is 14.8 Å². The molecule has 0 unspecified atom stereocenters. The number of rotatable bonds is 8. The van der Waals surface area contributed by atoms with Gasteiger partial charge in [-0.3, -0.25) is 4.79 Å². The predicted molar refractivity (Wildman–Crippen MR) is 108 cm³/mol. The SMILES string of the molecule is COc1cc(Br)c(CCNC(=O)CCc2ccc(C)cc2C)cc1OC. The lowest BCUT2D eigenvalue weighted by Gasteiger charge is -2.12. The van der Waals surface area contributed by atoms with Gasteiger partial charge in [-0.2, -0.15) is 0 Å². The van der Waals surface area contributed by atoms with Crippen LogP contribution in [0, 0.1) is 13.8 Å². The second-order valence-electron chi connectivity index (χ2n) is 6.33. The average molecular weight is 420 g/mol. The minimum Gasteiger partial charge on any atom is -0.493 e. The van der Waals surface area contributed by atoms with Crippen molar-refractivity contribution in [2.45, 2.75) is 33.1 Å².